The second kappa shape index (κ2) is 8.74. The number of piperidine rings is 1. The number of carboxylic acid groups (broad SMARTS) is 1. The molecule has 3 atom stereocenters. The minimum Gasteiger partial charge on any atom is -0.475 e. The molecule has 2 aliphatic rings. The van der Waals surface area contributed by atoms with E-state index >= 15 is 0 Å². The first kappa shape index (κ1) is 24.1. The fourth-order valence-electron chi connectivity index (χ4n) is 4.26. The summed E-state index contributed by atoms with van der Waals surface area (Å²) < 4.78 is 62.7. The molecule has 12 heteroatoms. The van der Waals surface area contributed by atoms with Crippen molar-refractivity contribution < 1.29 is 41.0 Å². The number of ether oxygens (including phenoxy) is 1. The van der Waals surface area contributed by atoms with Gasteiger partial charge in [0.2, 0.25) is 10.0 Å². The summed E-state index contributed by atoms with van der Waals surface area (Å²) in [6.45, 7) is 0. The van der Waals surface area contributed by atoms with E-state index in [2.05, 4.69) is 11.9 Å². The number of alkyl halides is 3. The summed E-state index contributed by atoms with van der Waals surface area (Å²) in [5, 5.41) is 7.73. The molecule has 0 saturated carbocycles. The Morgan fingerprint density at radius 1 is 1.12 bits per heavy atom. The van der Waals surface area contributed by atoms with Crippen molar-refractivity contribution in [2.24, 2.45) is 0 Å². The van der Waals surface area contributed by atoms with Crippen molar-refractivity contribution in [3.8, 4) is 0 Å². The van der Waals surface area contributed by atoms with Gasteiger partial charge in [-0.2, -0.15) is 13.2 Å². The Kier molecular flexibility index (Phi) is 6.57. The van der Waals surface area contributed by atoms with Gasteiger partial charge in [0.15, 0.2) is 0 Å². The second-order valence-electron chi connectivity index (χ2n) is 7.97. The summed E-state index contributed by atoms with van der Waals surface area (Å²) in [7, 11) is -1.35. The molecule has 2 aliphatic heterocycles. The van der Waals surface area contributed by atoms with E-state index in [1.54, 1.807) is 24.3 Å². The molecule has 2 bridgehead atoms. The van der Waals surface area contributed by atoms with Crippen LogP contribution in [0.1, 0.15) is 36.0 Å². The highest BCUT2D eigenvalue weighted by atomic mass is 32.2. The maximum atomic E-state index is 12.7. The first-order chi connectivity index (χ1) is 14.8. The molecule has 1 aromatic carbocycles. The highest BCUT2D eigenvalue weighted by molar-refractivity contribution is 7.89. The average Bonchev–Trinajstić information content (AvgIpc) is 3.15. The van der Waals surface area contributed by atoms with Crippen LogP contribution in [-0.2, 0) is 19.6 Å². The van der Waals surface area contributed by atoms with Crippen molar-refractivity contribution in [1.29, 1.82) is 0 Å². The third kappa shape index (κ3) is 5.07. The highest BCUT2D eigenvalue weighted by Gasteiger charge is 2.40. The maximum absolute atomic E-state index is 12.7. The molecule has 32 heavy (non-hydrogen) atoms. The third-order valence-electron chi connectivity index (χ3n) is 5.83. The number of fused-ring (bicyclic) bond motifs is 3. The molecular formula is C20H23F3N2O6S. The van der Waals surface area contributed by atoms with Crippen LogP contribution in [0.25, 0.3) is 10.9 Å². The molecule has 1 unspecified atom stereocenters. The van der Waals surface area contributed by atoms with Gasteiger partial charge in [-0.1, -0.05) is 18.2 Å². The highest BCUT2D eigenvalue weighted by Crippen LogP contribution is 2.36. The first-order valence-corrected chi connectivity index (χ1v) is 11.7. The Balaban J connectivity index is 0.000000360. The molecule has 0 aliphatic carbocycles. The van der Waals surface area contributed by atoms with E-state index in [4.69, 9.17) is 14.6 Å². The standard InChI is InChI=1S/C18H22N2O4S.C2HF3O2/c1-19-12-7-8-13(19)10-14(9-12)24-18(21)16-11-20(25(2,22)23)17-6-4-3-5-15(16)17;3-2(4,5)1(6)7/h3-6,11-14H,7-10H2,1-2H3;(H,6,7)/t12-,13+,14?;. The lowest BCUT2D eigenvalue weighted by molar-refractivity contribution is -0.192. The van der Waals surface area contributed by atoms with Crippen molar-refractivity contribution in [3.63, 3.8) is 0 Å². The molecule has 2 aromatic rings. The molecule has 2 fully saturated rings. The van der Waals surface area contributed by atoms with Gasteiger partial charge in [0.1, 0.15) is 6.10 Å². The van der Waals surface area contributed by atoms with Crippen molar-refractivity contribution in [2.75, 3.05) is 13.3 Å². The van der Waals surface area contributed by atoms with E-state index in [0.29, 0.717) is 28.6 Å². The molecule has 176 valence electrons. The first-order valence-electron chi connectivity index (χ1n) is 9.82. The zero-order chi connectivity index (χ0) is 23.8. The number of hydrogen-bond donors (Lipinski definition) is 1. The topological polar surface area (TPSA) is 106 Å². The van der Waals surface area contributed by atoms with E-state index < -0.39 is 28.1 Å². The molecule has 0 amide bonds. The number of carbonyl (C=O) groups excluding carboxylic acids is 1. The quantitative estimate of drug-likeness (QED) is 0.679. The van der Waals surface area contributed by atoms with Crippen molar-refractivity contribution in [3.05, 3.63) is 36.0 Å². The van der Waals surface area contributed by atoms with Crippen molar-refractivity contribution >= 4 is 32.9 Å². The fourth-order valence-corrected chi connectivity index (χ4v) is 5.07. The number of carboxylic acids is 1. The zero-order valence-corrected chi connectivity index (χ0v) is 18.2. The number of carbonyl (C=O) groups is 2. The predicted octanol–water partition coefficient (Wildman–Crippen LogP) is 2.86. The number of para-hydroxylation sites is 1. The second-order valence-corrected chi connectivity index (χ2v) is 9.83. The maximum Gasteiger partial charge on any atom is 0.490 e. The van der Waals surface area contributed by atoms with Crippen LogP contribution in [0, 0.1) is 0 Å². The Bertz CT molecular complexity index is 1110. The number of benzene rings is 1. The van der Waals surface area contributed by atoms with Crippen molar-refractivity contribution in [1.82, 2.24) is 8.87 Å². The summed E-state index contributed by atoms with van der Waals surface area (Å²) in [6.07, 6.45) is 1.34. The Labute approximate surface area is 182 Å². The molecule has 2 saturated heterocycles. The number of aromatic nitrogens is 1. The summed E-state index contributed by atoms with van der Waals surface area (Å²) in [6, 6.07) is 7.97. The SMILES string of the molecule is CN1[C@@H]2CC[C@H]1CC(OC(=O)c1cn(S(C)(=O)=O)c3ccccc13)C2.O=C(O)C(F)(F)F. The van der Waals surface area contributed by atoms with Gasteiger partial charge in [0.25, 0.3) is 0 Å². The van der Waals surface area contributed by atoms with Gasteiger partial charge in [-0.15, -0.1) is 0 Å². The Hall–Kier alpha value is -2.60. The number of halogens is 3. The lowest BCUT2D eigenvalue weighted by atomic mass is 10.0. The van der Waals surface area contributed by atoms with E-state index in [0.717, 1.165) is 35.9 Å². The van der Waals surface area contributed by atoms with Crippen LogP contribution in [0.15, 0.2) is 30.5 Å². The van der Waals surface area contributed by atoms with E-state index in [1.165, 1.54) is 6.20 Å². The average molecular weight is 476 g/mol. The molecule has 1 N–H and O–H groups in total. The molecule has 8 nitrogen and oxygen atoms in total. The fraction of sp³-hybridized carbons (Fsp3) is 0.500. The summed E-state index contributed by atoms with van der Waals surface area (Å²) in [4.78, 5) is 24.0. The van der Waals surface area contributed by atoms with Gasteiger partial charge in [-0.05, 0) is 26.0 Å². The van der Waals surface area contributed by atoms with Gasteiger partial charge >= 0.3 is 18.1 Å². The van der Waals surface area contributed by atoms with Crippen LogP contribution in [0.4, 0.5) is 13.2 Å². The smallest absolute Gasteiger partial charge is 0.475 e. The lowest BCUT2D eigenvalue weighted by Gasteiger charge is -2.35. The van der Waals surface area contributed by atoms with Crippen LogP contribution in [-0.4, -0.2) is 72.0 Å². The van der Waals surface area contributed by atoms with Gasteiger partial charge in [-0.25, -0.2) is 22.0 Å². The van der Waals surface area contributed by atoms with Gasteiger partial charge in [0, 0.05) is 36.5 Å². The van der Waals surface area contributed by atoms with Crippen LogP contribution in [0.3, 0.4) is 0 Å². The Morgan fingerprint density at radius 3 is 2.16 bits per heavy atom. The third-order valence-corrected chi connectivity index (χ3v) is 6.84. The Morgan fingerprint density at radius 2 is 1.66 bits per heavy atom. The van der Waals surface area contributed by atoms with Crippen molar-refractivity contribution in [2.45, 2.75) is 50.0 Å². The normalized spacial score (nSPS) is 23.5. The largest absolute Gasteiger partial charge is 0.490 e. The minimum absolute atomic E-state index is 0.0958. The summed E-state index contributed by atoms with van der Waals surface area (Å²) in [5.74, 6) is -3.19. The molecule has 0 radical (unpaired) electrons. The van der Waals surface area contributed by atoms with Crippen LogP contribution >= 0.6 is 0 Å². The minimum atomic E-state index is -5.08. The molecule has 4 rings (SSSR count). The van der Waals surface area contributed by atoms with E-state index in [9.17, 15) is 26.4 Å². The monoisotopic (exact) mass is 476 g/mol. The van der Waals surface area contributed by atoms with Crippen LogP contribution in [0.2, 0.25) is 0 Å². The van der Waals surface area contributed by atoms with Crippen LogP contribution in [0.5, 0.6) is 0 Å². The predicted molar refractivity (Wildman–Crippen MR) is 109 cm³/mol. The lowest BCUT2D eigenvalue weighted by Crippen LogP contribution is -2.43. The number of hydrogen-bond acceptors (Lipinski definition) is 6. The number of aliphatic carboxylic acids is 1. The van der Waals surface area contributed by atoms with Crippen LogP contribution < -0.4 is 0 Å². The summed E-state index contributed by atoms with van der Waals surface area (Å²) >= 11 is 0. The molecular weight excluding hydrogens is 453 g/mol. The molecule has 3 heterocycles. The van der Waals surface area contributed by atoms with Gasteiger partial charge in [0.05, 0.1) is 17.3 Å². The summed E-state index contributed by atoms with van der Waals surface area (Å²) in [5.41, 5.74) is 0.813. The number of esters is 1. The number of nitrogens with zero attached hydrogens (tertiary/aromatic N) is 2. The molecule has 1 aromatic heterocycles. The van der Waals surface area contributed by atoms with E-state index in [-0.39, 0.29) is 6.10 Å². The van der Waals surface area contributed by atoms with Gasteiger partial charge in [-0.3, -0.25) is 0 Å². The molecule has 0 spiro atoms. The van der Waals surface area contributed by atoms with Gasteiger partial charge < -0.3 is 14.7 Å². The number of rotatable bonds is 3. The van der Waals surface area contributed by atoms with E-state index in [1.807, 2.05) is 0 Å². The zero-order valence-electron chi connectivity index (χ0n) is 17.4.